The molecule has 0 fully saturated rings. The molecule has 2 nitrogen and oxygen atoms in total. The first-order valence-corrected chi connectivity index (χ1v) is 5.85. The molecule has 0 saturated heterocycles. The highest BCUT2D eigenvalue weighted by atomic mass is 32.1. The number of aromatic carboxylic acids is 1. The van der Waals surface area contributed by atoms with Gasteiger partial charge in [0.1, 0.15) is 4.88 Å². The van der Waals surface area contributed by atoms with Crippen molar-refractivity contribution in [3.63, 3.8) is 0 Å². The van der Waals surface area contributed by atoms with Crippen LogP contribution in [0, 0.1) is 13.8 Å². The van der Waals surface area contributed by atoms with E-state index < -0.39 is 5.97 Å². The van der Waals surface area contributed by atoms with Crippen LogP contribution in [0.2, 0.25) is 0 Å². The Kier molecular flexibility index (Phi) is 2.79. The van der Waals surface area contributed by atoms with Crippen molar-refractivity contribution in [3.05, 3.63) is 45.6 Å². The molecule has 0 atom stereocenters. The smallest absolute Gasteiger partial charge is 0.345 e. The Bertz CT molecular complexity index is 541. The van der Waals surface area contributed by atoms with Gasteiger partial charge >= 0.3 is 5.97 Å². The van der Waals surface area contributed by atoms with E-state index in [0.717, 1.165) is 11.1 Å². The predicted molar refractivity (Wildman–Crippen MR) is 66.2 cm³/mol. The number of benzene rings is 1. The summed E-state index contributed by atoms with van der Waals surface area (Å²) in [6, 6.07) is 7.91. The number of aryl methyl sites for hydroxylation is 2. The summed E-state index contributed by atoms with van der Waals surface area (Å²) in [5.74, 6) is -0.860. The fraction of sp³-hybridized carbons (Fsp3) is 0.154. The van der Waals surface area contributed by atoms with Crippen molar-refractivity contribution < 1.29 is 9.90 Å². The lowest BCUT2D eigenvalue weighted by atomic mass is 10.0. The van der Waals surface area contributed by atoms with Crippen LogP contribution < -0.4 is 0 Å². The molecular formula is C13H12O2S. The lowest BCUT2D eigenvalue weighted by Crippen LogP contribution is -1.90. The summed E-state index contributed by atoms with van der Waals surface area (Å²) < 4.78 is 0. The summed E-state index contributed by atoms with van der Waals surface area (Å²) in [5.41, 5.74) is 4.49. The molecule has 0 unspecified atom stereocenters. The highest BCUT2D eigenvalue weighted by Gasteiger charge is 2.09. The molecule has 3 heteroatoms. The van der Waals surface area contributed by atoms with Crippen molar-refractivity contribution in [3.8, 4) is 11.1 Å². The number of carboxylic acids is 1. The fourth-order valence-electron chi connectivity index (χ4n) is 1.73. The Labute approximate surface area is 98.2 Å². The molecule has 1 aromatic heterocycles. The van der Waals surface area contributed by atoms with Crippen LogP contribution in [0.1, 0.15) is 20.8 Å². The number of hydrogen-bond acceptors (Lipinski definition) is 2. The first-order chi connectivity index (χ1) is 7.58. The second kappa shape index (κ2) is 4.10. The minimum absolute atomic E-state index is 0.384. The zero-order valence-electron chi connectivity index (χ0n) is 9.15. The average molecular weight is 232 g/mol. The summed E-state index contributed by atoms with van der Waals surface area (Å²) in [7, 11) is 0. The van der Waals surface area contributed by atoms with Crippen molar-refractivity contribution in [1.82, 2.24) is 0 Å². The Morgan fingerprint density at radius 1 is 1.25 bits per heavy atom. The molecule has 16 heavy (non-hydrogen) atoms. The van der Waals surface area contributed by atoms with Gasteiger partial charge in [-0.15, -0.1) is 11.3 Å². The second-order valence-corrected chi connectivity index (χ2v) is 4.73. The lowest BCUT2D eigenvalue weighted by Gasteiger charge is -2.04. The summed E-state index contributed by atoms with van der Waals surface area (Å²) in [5, 5.41) is 10.8. The summed E-state index contributed by atoms with van der Waals surface area (Å²) in [4.78, 5) is 11.2. The van der Waals surface area contributed by atoms with Crippen LogP contribution >= 0.6 is 11.3 Å². The molecule has 0 radical (unpaired) electrons. The highest BCUT2D eigenvalue weighted by Crippen LogP contribution is 2.28. The quantitative estimate of drug-likeness (QED) is 0.856. The van der Waals surface area contributed by atoms with Gasteiger partial charge in [-0.25, -0.2) is 4.79 Å². The van der Waals surface area contributed by atoms with E-state index in [-0.39, 0.29) is 0 Å². The zero-order chi connectivity index (χ0) is 11.7. The van der Waals surface area contributed by atoms with Gasteiger partial charge in [-0.3, -0.25) is 0 Å². The van der Waals surface area contributed by atoms with Gasteiger partial charge in [0.05, 0.1) is 0 Å². The lowest BCUT2D eigenvalue weighted by molar-refractivity contribution is 0.0702. The minimum atomic E-state index is -0.860. The van der Waals surface area contributed by atoms with Crippen LogP contribution in [0.3, 0.4) is 0 Å². The van der Waals surface area contributed by atoms with E-state index >= 15 is 0 Å². The van der Waals surface area contributed by atoms with Crippen LogP contribution in [-0.2, 0) is 0 Å². The Hall–Kier alpha value is -1.61. The van der Waals surface area contributed by atoms with Crippen LogP contribution in [0.4, 0.5) is 0 Å². The SMILES string of the molecule is Cc1ccc(-c2csc(C(=O)O)c2)c(C)c1. The van der Waals surface area contributed by atoms with E-state index in [1.54, 1.807) is 6.07 Å². The highest BCUT2D eigenvalue weighted by molar-refractivity contribution is 7.12. The third-order valence-corrected chi connectivity index (χ3v) is 3.42. The van der Waals surface area contributed by atoms with Gasteiger partial charge in [0.25, 0.3) is 0 Å². The van der Waals surface area contributed by atoms with Gasteiger partial charge in [0, 0.05) is 0 Å². The van der Waals surface area contributed by atoms with Crippen LogP contribution in [-0.4, -0.2) is 11.1 Å². The molecular weight excluding hydrogens is 220 g/mol. The van der Waals surface area contributed by atoms with Gasteiger partial charge in [-0.1, -0.05) is 23.8 Å². The Morgan fingerprint density at radius 3 is 2.56 bits per heavy atom. The van der Waals surface area contributed by atoms with E-state index in [1.165, 1.54) is 22.5 Å². The van der Waals surface area contributed by atoms with Crippen molar-refractivity contribution in [1.29, 1.82) is 0 Å². The van der Waals surface area contributed by atoms with Crippen LogP contribution in [0.15, 0.2) is 29.6 Å². The molecule has 0 bridgehead atoms. The Balaban J connectivity index is 2.46. The third-order valence-electron chi connectivity index (χ3n) is 2.50. The number of carbonyl (C=O) groups is 1. The molecule has 1 aromatic carbocycles. The van der Waals surface area contributed by atoms with Crippen LogP contribution in [0.25, 0.3) is 11.1 Å². The van der Waals surface area contributed by atoms with Crippen molar-refractivity contribution in [2.24, 2.45) is 0 Å². The molecule has 0 saturated carbocycles. The summed E-state index contributed by atoms with van der Waals surface area (Å²) >= 11 is 1.27. The van der Waals surface area contributed by atoms with Gasteiger partial charge in [-0.05, 0) is 42.0 Å². The van der Waals surface area contributed by atoms with E-state index in [0.29, 0.717) is 4.88 Å². The zero-order valence-corrected chi connectivity index (χ0v) is 9.97. The van der Waals surface area contributed by atoms with Crippen molar-refractivity contribution in [2.75, 3.05) is 0 Å². The number of hydrogen-bond donors (Lipinski definition) is 1. The normalized spacial score (nSPS) is 10.4. The van der Waals surface area contributed by atoms with E-state index in [2.05, 4.69) is 6.07 Å². The minimum Gasteiger partial charge on any atom is -0.477 e. The fourth-order valence-corrected chi connectivity index (χ4v) is 2.47. The van der Waals surface area contributed by atoms with Gasteiger partial charge < -0.3 is 5.11 Å². The summed E-state index contributed by atoms with van der Waals surface area (Å²) in [6.45, 7) is 4.09. The van der Waals surface area contributed by atoms with Gasteiger partial charge in [0.15, 0.2) is 0 Å². The third kappa shape index (κ3) is 1.99. The first kappa shape index (κ1) is 10.9. The molecule has 0 aliphatic heterocycles. The van der Waals surface area contributed by atoms with Crippen molar-refractivity contribution >= 4 is 17.3 Å². The molecule has 1 N–H and O–H groups in total. The largest absolute Gasteiger partial charge is 0.477 e. The van der Waals surface area contributed by atoms with E-state index in [4.69, 9.17) is 5.11 Å². The van der Waals surface area contributed by atoms with E-state index in [9.17, 15) is 4.79 Å². The first-order valence-electron chi connectivity index (χ1n) is 4.97. The number of rotatable bonds is 2. The monoisotopic (exact) mass is 232 g/mol. The number of thiophene rings is 1. The molecule has 0 amide bonds. The molecule has 1 heterocycles. The topological polar surface area (TPSA) is 37.3 Å². The van der Waals surface area contributed by atoms with Gasteiger partial charge in [-0.2, -0.15) is 0 Å². The standard InChI is InChI=1S/C13H12O2S/c1-8-3-4-11(9(2)5-8)10-6-12(13(14)15)16-7-10/h3-7H,1-2H3,(H,14,15). The predicted octanol–water partition coefficient (Wildman–Crippen LogP) is 3.73. The molecule has 0 aliphatic rings. The van der Waals surface area contributed by atoms with Gasteiger partial charge in [0.2, 0.25) is 0 Å². The second-order valence-electron chi connectivity index (χ2n) is 3.82. The molecule has 2 rings (SSSR count). The Morgan fingerprint density at radius 2 is 2.00 bits per heavy atom. The molecule has 0 spiro atoms. The van der Waals surface area contributed by atoms with Crippen LogP contribution in [0.5, 0.6) is 0 Å². The summed E-state index contributed by atoms with van der Waals surface area (Å²) in [6.07, 6.45) is 0. The van der Waals surface area contributed by atoms with Crippen molar-refractivity contribution in [2.45, 2.75) is 13.8 Å². The van der Waals surface area contributed by atoms with E-state index in [1.807, 2.05) is 31.4 Å². The molecule has 82 valence electrons. The maximum atomic E-state index is 10.8. The maximum Gasteiger partial charge on any atom is 0.345 e. The molecule has 2 aromatic rings. The molecule has 0 aliphatic carbocycles. The number of carboxylic acid groups (broad SMARTS) is 1. The maximum absolute atomic E-state index is 10.8. The average Bonchev–Trinajstić information content (AvgIpc) is 2.66.